The number of benzene rings is 2. The minimum Gasteiger partial charge on any atom is -0.249 e. The Labute approximate surface area is 214 Å². The molecule has 2 aromatic carbocycles. The van der Waals surface area contributed by atoms with Gasteiger partial charge < -0.3 is 0 Å². The molecule has 0 saturated heterocycles. The van der Waals surface area contributed by atoms with Gasteiger partial charge in [0.15, 0.2) is 0 Å². The molecule has 150 valence electrons. The fraction of sp³-hybridized carbons (Fsp3) is 0.0952. The van der Waals surface area contributed by atoms with Crippen molar-refractivity contribution in [2.24, 2.45) is 9.98 Å². The molecule has 1 aromatic heterocycles. The van der Waals surface area contributed by atoms with Gasteiger partial charge in [-0.25, -0.2) is 15.0 Å². The van der Waals surface area contributed by atoms with E-state index in [-0.39, 0.29) is 17.1 Å². The first kappa shape index (κ1) is 24.6. The van der Waals surface area contributed by atoms with Crippen LogP contribution in [0.2, 0.25) is 0 Å². The van der Waals surface area contributed by atoms with E-state index in [1.807, 2.05) is 68.4 Å². The molecule has 0 amide bonds. The van der Waals surface area contributed by atoms with E-state index in [1.165, 1.54) is 0 Å². The van der Waals surface area contributed by atoms with Crippen LogP contribution < -0.4 is 0 Å². The van der Waals surface area contributed by atoms with Crippen molar-refractivity contribution in [3.8, 4) is 0 Å². The van der Waals surface area contributed by atoms with Crippen LogP contribution in [0, 0.1) is 0 Å². The van der Waals surface area contributed by atoms with Gasteiger partial charge in [0, 0.05) is 35.0 Å². The molecule has 3 rings (SSSR count). The third kappa shape index (κ3) is 6.18. The predicted molar refractivity (Wildman–Crippen MR) is 132 cm³/mol. The van der Waals surface area contributed by atoms with Crippen molar-refractivity contribution < 1.29 is 17.1 Å². The van der Waals surface area contributed by atoms with Crippen molar-refractivity contribution in [3.63, 3.8) is 0 Å². The molecule has 0 atom stereocenters. The Bertz CT molecular complexity index is 974. The summed E-state index contributed by atoms with van der Waals surface area (Å²) in [4.78, 5) is 14.3. The molecule has 1 heterocycles. The molecule has 0 aliphatic heterocycles. The number of nitrogens with zero attached hydrogens (tertiary/aromatic N) is 3. The van der Waals surface area contributed by atoms with Crippen molar-refractivity contribution in [3.05, 3.63) is 83.9 Å². The summed E-state index contributed by atoms with van der Waals surface area (Å²) in [5, 5.41) is 0. The average Bonchev–Trinajstić information content (AvgIpc) is 2.67. The van der Waals surface area contributed by atoms with Gasteiger partial charge in [0.25, 0.3) is 0 Å². The largest absolute Gasteiger partial charge is 0.249 e. The summed E-state index contributed by atoms with van der Waals surface area (Å²) in [6.07, 6.45) is 0. The molecule has 8 heteroatoms. The van der Waals surface area contributed by atoms with Gasteiger partial charge in [-0.2, -0.15) is 0 Å². The van der Waals surface area contributed by atoms with Crippen molar-refractivity contribution in [1.82, 2.24) is 4.98 Å². The summed E-state index contributed by atoms with van der Waals surface area (Å²) in [5.41, 5.74) is 4.94. The maximum atomic E-state index is 4.76. The molecule has 0 unspecified atom stereocenters. The molecule has 3 nitrogen and oxygen atoms in total. The molecule has 0 radical (unpaired) electrons. The topological polar surface area (TPSA) is 37.6 Å². The molecule has 0 aliphatic rings. The van der Waals surface area contributed by atoms with Gasteiger partial charge in [-0.05, 0) is 114 Å². The van der Waals surface area contributed by atoms with Gasteiger partial charge in [0.1, 0.15) is 0 Å². The van der Waals surface area contributed by atoms with E-state index in [1.54, 1.807) is 0 Å². The Hall–Kier alpha value is -0.631. The third-order valence-electron chi connectivity index (χ3n) is 3.92. The minimum atomic E-state index is 0. The summed E-state index contributed by atoms with van der Waals surface area (Å²) in [5.74, 6) is 0. The minimum absolute atomic E-state index is 0. The van der Waals surface area contributed by atoms with E-state index >= 15 is 0 Å². The van der Waals surface area contributed by atoms with Gasteiger partial charge in [-0.1, -0.05) is 18.2 Å². The second-order valence-electron chi connectivity index (χ2n) is 5.94. The van der Waals surface area contributed by atoms with Gasteiger partial charge in [0.05, 0.1) is 34.2 Å². The molecule has 0 fully saturated rings. The first-order chi connectivity index (χ1) is 13.4. The van der Waals surface area contributed by atoms with Crippen LogP contribution in [-0.4, -0.2) is 16.4 Å². The van der Waals surface area contributed by atoms with E-state index < -0.39 is 0 Å². The molecule has 0 saturated carbocycles. The molecule has 29 heavy (non-hydrogen) atoms. The van der Waals surface area contributed by atoms with Crippen LogP contribution in [0.4, 0.5) is 11.4 Å². The van der Waals surface area contributed by atoms with Crippen molar-refractivity contribution in [2.75, 3.05) is 0 Å². The van der Waals surface area contributed by atoms with Crippen LogP contribution in [0.25, 0.3) is 0 Å². The number of aromatic nitrogens is 1. The van der Waals surface area contributed by atoms with E-state index in [0.717, 1.165) is 52.1 Å². The zero-order chi connectivity index (χ0) is 20.3. The van der Waals surface area contributed by atoms with Crippen LogP contribution in [0.5, 0.6) is 0 Å². The van der Waals surface area contributed by atoms with Crippen LogP contribution >= 0.6 is 63.7 Å². The Morgan fingerprint density at radius 1 is 0.621 bits per heavy atom. The Morgan fingerprint density at radius 2 is 0.931 bits per heavy atom. The smallest absolute Gasteiger partial charge is 0.0917 e. The standard InChI is InChI=1S/C21H15Br4N3.Fe/c1-12(26-20-14(22)6-3-7-15(20)23)18-10-5-11-19(28-18)13(2)27-21-16(24)8-4-9-17(21)25;/h3-11H,1-2H3;. The number of hydrogen-bond acceptors (Lipinski definition) is 3. The maximum Gasteiger partial charge on any atom is 0.0917 e. The van der Waals surface area contributed by atoms with Crippen molar-refractivity contribution >= 4 is 86.5 Å². The molecule has 0 spiro atoms. The van der Waals surface area contributed by atoms with E-state index in [0.29, 0.717) is 0 Å². The van der Waals surface area contributed by atoms with Crippen LogP contribution in [-0.2, 0) is 17.1 Å². The van der Waals surface area contributed by atoms with E-state index in [4.69, 9.17) is 15.0 Å². The van der Waals surface area contributed by atoms with Crippen molar-refractivity contribution in [1.29, 1.82) is 0 Å². The number of pyridine rings is 1. The zero-order valence-corrected chi connectivity index (χ0v) is 22.9. The second-order valence-corrected chi connectivity index (χ2v) is 9.36. The summed E-state index contributed by atoms with van der Waals surface area (Å²) in [7, 11) is 0. The van der Waals surface area contributed by atoms with Gasteiger partial charge in [-0.3, -0.25) is 0 Å². The first-order valence-electron chi connectivity index (χ1n) is 8.33. The Balaban J connectivity index is 0.00000300. The fourth-order valence-electron chi connectivity index (χ4n) is 2.48. The Morgan fingerprint density at radius 3 is 1.28 bits per heavy atom. The van der Waals surface area contributed by atoms with Crippen LogP contribution in [0.15, 0.2) is 82.5 Å². The second kappa shape index (κ2) is 11.1. The summed E-state index contributed by atoms with van der Waals surface area (Å²) >= 11 is 14.2. The average molecular weight is 685 g/mol. The summed E-state index contributed by atoms with van der Waals surface area (Å²) in [6, 6.07) is 17.7. The van der Waals surface area contributed by atoms with Gasteiger partial charge in [-0.15, -0.1) is 0 Å². The zero-order valence-electron chi connectivity index (χ0n) is 15.4. The molecule has 3 aromatic rings. The molecule has 0 aliphatic carbocycles. The Kier molecular flexibility index (Phi) is 9.45. The quantitative estimate of drug-likeness (QED) is 0.201. The number of para-hydroxylation sites is 2. The monoisotopic (exact) mass is 681 g/mol. The predicted octanol–water partition coefficient (Wildman–Crippen LogP) is 8.41. The maximum absolute atomic E-state index is 4.76. The molecule has 0 N–H and O–H groups in total. The summed E-state index contributed by atoms with van der Waals surface area (Å²) < 4.78 is 3.70. The summed E-state index contributed by atoms with van der Waals surface area (Å²) in [6.45, 7) is 3.91. The SMILES string of the molecule is CC(=Nc1c(Br)cccc1Br)c1cccc(C(C)=Nc2c(Br)cccc2Br)n1.[Fe]. The van der Waals surface area contributed by atoms with E-state index in [2.05, 4.69) is 63.7 Å². The number of rotatable bonds is 4. The molecule has 0 bridgehead atoms. The third-order valence-corrected chi connectivity index (χ3v) is 6.48. The van der Waals surface area contributed by atoms with Crippen LogP contribution in [0.3, 0.4) is 0 Å². The number of hydrogen-bond donors (Lipinski definition) is 0. The number of halogens is 4. The van der Waals surface area contributed by atoms with Crippen molar-refractivity contribution in [2.45, 2.75) is 13.8 Å². The molecular weight excluding hydrogens is 670 g/mol. The van der Waals surface area contributed by atoms with Gasteiger partial charge in [0.2, 0.25) is 0 Å². The van der Waals surface area contributed by atoms with Crippen LogP contribution in [0.1, 0.15) is 25.2 Å². The first-order valence-corrected chi connectivity index (χ1v) is 11.5. The van der Waals surface area contributed by atoms with E-state index in [9.17, 15) is 0 Å². The normalized spacial score (nSPS) is 11.9. The van der Waals surface area contributed by atoms with Gasteiger partial charge >= 0.3 is 0 Å². The molecular formula is C21H15Br4FeN3. The number of aliphatic imine (C=N–C) groups is 2. The fourth-order valence-corrected chi connectivity index (χ4v) is 4.83.